The number of hydrogen-bond donors (Lipinski definition) is 0. The van der Waals surface area contributed by atoms with E-state index in [1.807, 2.05) is 0 Å². The Morgan fingerprint density at radius 3 is 2.51 bits per heavy atom. The van der Waals surface area contributed by atoms with Crippen molar-refractivity contribution in [3.05, 3.63) is 76.0 Å². The molecule has 1 aromatic carbocycles. The van der Waals surface area contributed by atoms with Crippen molar-refractivity contribution < 1.29 is 18.3 Å². The molecule has 3 aromatic rings. The van der Waals surface area contributed by atoms with Gasteiger partial charge in [-0.1, -0.05) is 6.07 Å². The standard InChI is InChI=1S/C25H25F2N5O3/c1-16(33)31-13-9-20-21(15-31)29-25(32-10-3-2-4-23(32)34)24(28-20)30-11-7-18(8-12-30)35-22-6-5-17(26)14-19(22)27/h2-6,10,14,18H,7-9,11-13,15H2,1H3. The normalized spacial score (nSPS) is 16.2. The highest BCUT2D eigenvalue weighted by Gasteiger charge is 2.29. The number of carbonyl (C=O) groups excluding carboxylic acids is 1. The second-order valence-electron chi connectivity index (χ2n) is 8.74. The van der Waals surface area contributed by atoms with Gasteiger partial charge in [-0.05, 0) is 18.2 Å². The highest BCUT2D eigenvalue weighted by atomic mass is 19.1. The van der Waals surface area contributed by atoms with Gasteiger partial charge in [0.15, 0.2) is 23.2 Å². The van der Waals surface area contributed by atoms with Crippen molar-refractivity contribution in [1.82, 2.24) is 19.4 Å². The molecule has 2 aliphatic heterocycles. The van der Waals surface area contributed by atoms with Crippen LogP contribution in [0.4, 0.5) is 14.6 Å². The van der Waals surface area contributed by atoms with Crippen LogP contribution < -0.4 is 15.2 Å². The van der Waals surface area contributed by atoms with E-state index in [0.717, 1.165) is 11.8 Å². The zero-order chi connectivity index (χ0) is 24.5. The summed E-state index contributed by atoms with van der Waals surface area (Å²) in [7, 11) is 0. The number of ether oxygens (including phenoxy) is 1. The molecule has 35 heavy (non-hydrogen) atoms. The monoisotopic (exact) mass is 481 g/mol. The molecule has 0 unspecified atom stereocenters. The smallest absolute Gasteiger partial charge is 0.256 e. The Morgan fingerprint density at radius 1 is 1.03 bits per heavy atom. The average molecular weight is 482 g/mol. The molecule has 8 nitrogen and oxygen atoms in total. The Balaban J connectivity index is 1.42. The van der Waals surface area contributed by atoms with Crippen LogP contribution in [0.15, 0.2) is 47.4 Å². The summed E-state index contributed by atoms with van der Waals surface area (Å²) < 4.78 is 34.5. The Kier molecular flexibility index (Phi) is 6.19. The predicted molar refractivity (Wildman–Crippen MR) is 125 cm³/mol. The lowest BCUT2D eigenvalue weighted by molar-refractivity contribution is -0.129. The van der Waals surface area contributed by atoms with Crippen LogP contribution in [0.5, 0.6) is 5.75 Å². The van der Waals surface area contributed by atoms with E-state index in [-0.39, 0.29) is 23.3 Å². The van der Waals surface area contributed by atoms with Gasteiger partial charge < -0.3 is 14.5 Å². The number of anilines is 1. The van der Waals surface area contributed by atoms with Gasteiger partial charge in [-0.25, -0.2) is 18.7 Å². The number of nitrogens with zero attached hydrogens (tertiary/aromatic N) is 5. The van der Waals surface area contributed by atoms with Gasteiger partial charge in [-0.3, -0.25) is 14.2 Å². The number of rotatable bonds is 4. The third-order valence-electron chi connectivity index (χ3n) is 6.40. The van der Waals surface area contributed by atoms with Crippen molar-refractivity contribution in [1.29, 1.82) is 0 Å². The maximum absolute atomic E-state index is 14.0. The SMILES string of the molecule is CC(=O)N1CCc2nc(N3CCC(Oc4ccc(F)cc4F)CC3)c(-n3ccccc3=O)nc2C1. The third-order valence-corrected chi connectivity index (χ3v) is 6.40. The minimum absolute atomic E-state index is 0.0281. The topological polar surface area (TPSA) is 80.6 Å². The zero-order valence-electron chi connectivity index (χ0n) is 19.3. The molecule has 0 atom stereocenters. The number of pyridine rings is 1. The van der Waals surface area contributed by atoms with E-state index in [2.05, 4.69) is 4.90 Å². The van der Waals surface area contributed by atoms with Crippen LogP contribution in [0.3, 0.4) is 0 Å². The van der Waals surface area contributed by atoms with E-state index in [0.29, 0.717) is 62.8 Å². The molecule has 4 heterocycles. The van der Waals surface area contributed by atoms with Crippen molar-refractivity contribution in [2.24, 2.45) is 0 Å². The number of amides is 1. The second-order valence-corrected chi connectivity index (χ2v) is 8.74. The molecule has 5 rings (SSSR count). The van der Waals surface area contributed by atoms with E-state index in [1.54, 1.807) is 23.2 Å². The summed E-state index contributed by atoms with van der Waals surface area (Å²) in [6.07, 6.45) is 3.19. The molecule has 182 valence electrons. The largest absolute Gasteiger partial charge is 0.487 e. The fourth-order valence-corrected chi connectivity index (χ4v) is 4.49. The number of aromatic nitrogens is 3. The van der Waals surface area contributed by atoms with Gasteiger partial charge in [0.25, 0.3) is 5.56 Å². The van der Waals surface area contributed by atoms with E-state index in [9.17, 15) is 18.4 Å². The minimum Gasteiger partial charge on any atom is -0.487 e. The Morgan fingerprint density at radius 2 is 1.80 bits per heavy atom. The van der Waals surface area contributed by atoms with Crippen molar-refractivity contribution in [3.63, 3.8) is 0 Å². The number of fused-ring (bicyclic) bond motifs is 1. The first-order chi connectivity index (χ1) is 16.9. The number of hydrogen-bond acceptors (Lipinski definition) is 6. The van der Waals surface area contributed by atoms with E-state index in [4.69, 9.17) is 14.7 Å². The van der Waals surface area contributed by atoms with Crippen molar-refractivity contribution in [2.75, 3.05) is 24.5 Å². The second kappa shape index (κ2) is 9.44. The van der Waals surface area contributed by atoms with Crippen molar-refractivity contribution >= 4 is 11.7 Å². The molecule has 0 radical (unpaired) electrons. The molecular formula is C25H25F2N5O3. The first-order valence-electron chi connectivity index (χ1n) is 11.6. The molecule has 0 spiro atoms. The van der Waals surface area contributed by atoms with Gasteiger partial charge in [0.2, 0.25) is 5.91 Å². The Labute approximate surface area is 200 Å². The van der Waals surface area contributed by atoms with E-state index in [1.165, 1.54) is 29.7 Å². The number of benzene rings is 1. The molecular weight excluding hydrogens is 456 g/mol. The van der Waals surface area contributed by atoms with Gasteiger partial charge in [0.05, 0.1) is 17.9 Å². The number of halogens is 2. The molecule has 10 heteroatoms. The summed E-state index contributed by atoms with van der Waals surface area (Å²) in [5.41, 5.74) is 1.27. The molecule has 1 saturated heterocycles. The van der Waals surface area contributed by atoms with Crippen LogP contribution in [0.25, 0.3) is 5.82 Å². The maximum Gasteiger partial charge on any atom is 0.256 e. The van der Waals surface area contributed by atoms with Crippen LogP contribution in [-0.4, -0.2) is 51.1 Å². The number of piperidine rings is 1. The number of carbonyl (C=O) groups is 1. The van der Waals surface area contributed by atoms with Crippen molar-refractivity contribution in [2.45, 2.75) is 38.8 Å². The highest BCUT2D eigenvalue weighted by Crippen LogP contribution is 2.29. The summed E-state index contributed by atoms with van der Waals surface area (Å²) in [6.45, 7) is 3.58. The molecule has 0 aliphatic carbocycles. The van der Waals surface area contributed by atoms with Gasteiger partial charge in [0.1, 0.15) is 11.9 Å². The summed E-state index contributed by atoms with van der Waals surface area (Å²) in [4.78, 5) is 38.0. The van der Waals surface area contributed by atoms with Gasteiger partial charge in [0, 0.05) is 64.2 Å². The quantitative estimate of drug-likeness (QED) is 0.570. The lowest BCUT2D eigenvalue weighted by atomic mass is 10.1. The first-order valence-corrected chi connectivity index (χ1v) is 11.6. The zero-order valence-corrected chi connectivity index (χ0v) is 19.3. The van der Waals surface area contributed by atoms with Crippen molar-refractivity contribution in [3.8, 4) is 11.6 Å². The van der Waals surface area contributed by atoms with E-state index >= 15 is 0 Å². The van der Waals surface area contributed by atoms with Gasteiger partial charge >= 0.3 is 0 Å². The summed E-state index contributed by atoms with van der Waals surface area (Å²) in [5.74, 6) is -0.350. The summed E-state index contributed by atoms with van der Waals surface area (Å²) >= 11 is 0. The lowest BCUT2D eigenvalue weighted by Gasteiger charge is -2.35. The molecule has 1 amide bonds. The maximum atomic E-state index is 14.0. The Bertz CT molecular complexity index is 1320. The average Bonchev–Trinajstić information content (AvgIpc) is 2.85. The molecule has 0 N–H and O–H groups in total. The molecule has 0 saturated carbocycles. The molecule has 2 aromatic heterocycles. The third kappa shape index (κ3) is 4.73. The van der Waals surface area contributed by atoms with Gasteiger partial charge in [-0.2, -0.15) is 0 Å². The van der Waals surface area contributed by atoms with Crippen LogP contribution in [0.1, 0.15) is 31.2 Å². The molecule has 0 bridgehead atoms. The fraction of sp³-hybridized carbons (Fsp3) is 0.360. The Hall–Kier alpha value is -3.82. The summed E-state index contributed by atoms with van der Waals surface area (Å²) in [5, 5.41) is 0. The fourth-order valence-electron chi connectivity index (χ4n) is 4.49. The lowest BCUT2D eigenvalue weighted by Crippen LogP contribution is -2.41. The first kappa shape index (κ1) is 22.9. The minimum atomic E-state index is -0.724. The molecule has 1 fully saturated rings. The van der Waals surface area contributed by atoms with Crippen LogP contribution in [-0.2, 0) is 17.8 Å². The van der Waals surface area contributed by atoms with Gasteiger partial charge in [-0.15, -0.1) is 0 Å². The summed E-state index contributed by atoms with van der Waals surface area (Å²) in [6, 6.07) is 8.17. The molecule has 2 aliphatic rings. The van der Waals surface area contributed by atoms with Crippen LogP contribution in [0, 0.1) is 11.6 Å². The van der Waals surface area contributed by atoms with Crippen LogP contribution in [0.2, 0.25) is 0 Å². The van der Waals surface area contributed by atoms with E-state index < -0.39 is 11.6 Å². The van der Waals surface area contributed by atoms with Crippen LogP contribution >= 0.6 is 0 Å². The predicted octanol–water partition coefficient (Wildman–Crippen LogP) is 2.86. The highest BCUT2D eigenvalue weighted by molar-refractivity contribution is 5.73.